The maximum absolute atomic E-state index is 14.9. The summed E-state index contributed by atoms with van der Waals surface area (Å²) in [4.78, 5) is 27.8. The second-order valence-corrected chi connectivity index (χ2v) is 22.2. The van der Waals surface area contributed by atoms with Crippen molar-refractivity contribution in [1.29, 1.82) is 0 Å². The molecule has 0 fully saturated rings. The summed E-state index contributed by atoms with van der Waals surface area (Å²) in [7, 11) is 5.95. The molecule has 12 nitrogen and oxygen atoms in total. The van der Waals surface area contributed by atoms with Gasteiger partial charge in [0.15, 0.2) is 38.8 Å². The fourth-order valence-electron chi connectivity index (χ4n) is 5.27. The molecule has 0 aliphatic heterocycles. The normalized spacial score (nSPS) is 12.5. The summed E-state index contributed by atoms with van der Waals surface area (Å²) in [5, 5.41) is 9.53. The van der Waals surface area contributed by atoms with E-state index in [0.717, 1.165) is 26.6 Å². The van der Waals surface area contributed by atoms with E-state index in [-0.39, 0.29) is 31.1 Å². The molecule has 298 valence electrons. The fraction of sp³-hybridized carbons (Fsp3) is 0.425. The SMILES string of the molecule is CCOC(=O)c1nc(N(C)c2cc(C)c(N=c3sc4ccccc4n3COCC[Si](C)(C)C)nn2)sc1CC(COc1ccc(C#CCN(C)C)cc1F)OC. The van der Waals surface area contributed by atoms with E-state index in [1.54, 1.807) is 42.4 Å². The Morgan fingerprint density at radius 1 is 1.09 bits per heavy atom. The number of methoxy groups -OCH3 is 1. The van der Waals surface area contributed by atoms with Gasteiger partial charge in [-0.15, -0.1) is 21.5 Å². The van der Waals surface area contributed by atoms with Crippen molar-refractivity contribution < 1.29 is 28.1 Å². The van der Waals surface area contributed by atoms with Gasteiger partial charge in [0.05, 0.1) is 29.5 Å². The average Bonchev–Trinajstić information content (AvgIpc) is 3.73. The molecule has 16 heteroatoms. The highest BCUT2D eigenvalue weighted by Gasteiger charge is 2.25. The summed E-state index contributed by atoms with van der Waals surface area (Å²) in [6.45, 7) is 12.6. The lowest BCUT2D eigenvalue weighted by Gasteiger charge is -2.16. The minimum Gasteiger partial charge on any atom is -0.488 e. The van der Waals surface area contributed by atoms with Gasteiger partial charge in [0.2, 0.25) is 0 Å². The predicted molar refractivity (Wildman–Crippen MR) is 224 cm³/mol. The van der Waals surface area contributed by atoms with Gasteiger partial charge in [0.1, 0.15) is 13.3 Å². The number of carbonyl (C=O) groups excluding carboxylic acids is 1. The summed E-state index contributed by atoms with van der Waals surface area (Å²) in [5.74, 6) is 5.97. The van der Waals surface area contributed by atoms with Crippen molar-refractivity contribution in [1.82, 2.24) is 24.6 Å². The van der Waals surface area contributed by atoms with Gasteiger partial charge in [-0.25, -0.2) is 14.2 Å². The third-order valence-electron chi connectivity index (χ3n) is 8.47. The van der Waals surface area contributed by atoms with Crippen molar-refractivity contribution in [3.8, 4) is 17.6 Å². The zero-order valence-corrected chi connectivity index (χ0v) is 36.1. The Morgan fingerprint density at radius 3 is 2.57 bits per heavy atom. The molecule has 0 saturated carbocycles. The largest absolute Gasteiger partial charge is 0.488 e. The number of halogens is 1. The van der Waals surface area contributed by atoms with Crippen molar-refractivity contribution in [2.75, 3.05) is 59.5 Å². The second-order valence-electron chi connectivity index (χ2n) is 14.6. The first-order valence-corrected chi connectivity index (χ1v) is 23.6. The Balaban J connectivity index is 1.34. The summed E-state index contributed by atoms with van der Waals surface area (Å²) in [6.07, 6.45) is -0.253. The number of hydrogen-bond donors (Lipinski definition) is 0. The highest BCUT2D eigenvalue weighted by atomic mass is 32.1. The standard InChI is InChI=1S/C40H50FN7O5S2Si/c1-10-52-38(49)36-34(24-29(50-6)25-53-32-18-17-28(23-30(32)41)14-13-19-46(3)4)55-39(42-36)47(5)35-22-27(2)37(45-44-35)43-40-48(26-51-20-21-56(7,8)9)31-15-11-12-16-33(31)54-40/h11-12,15-18,22-23,29H,10,19-21,24-26H2,1-9H3. The first kappa shape index (κ1) is 42.6. The van der Waals surface area contributed by atoms with Crippen LogP contribution in [0.1, 0.15) is 33.4 Å². The van der Waals surface area contributed by atoms with Crippen LogP contribution in [0.4, 0.5) is 21.2 Å². The van der Waals surface area contributed by atoms with Crippen LogP contribution in [0.5, 0.6) is 5.75 Å². The number of hydrogen-bond acceptors (Lipinski definition) is 13. The van der Waals surface area contributed by atoms with Gasteiger partial charge in [0.25, 0.3) is 0 Å². The number of thiazole rings is 2. The molecular weight excluding hydrogens is 770 g/mol. The minimum absolute atomic E-state index is 0.0322. The quantitative estimate of drug-likeness (QED) is 0.0406. The van der Waals surface area contributed by atoms with Gasteiger partial charge in [0, 0.05) is 45.7 Å². The van der Waals surface area contributed by atoms with Crippen LogP contribution in [0.3, 0.4) is 0 Å². The maximum atomic E-state index is 14.9. The Labute approximate surface area is 336 Å². The van der Waals surface area contributed by atoms with Crippen molar-refractivity contribution in [2.45, 2.75) is 58.8 Å². The Kier molecular flexibility index (Phi) is 14.9. The summed E-state index contributed by atoms with van der Waals surface area (Å²) < 4.78 is 41.1. The van der Waals surface area contributed by atoms with Crippen LogP contribution in [0, 0.1) is 24.6 Å². The number of ether oxygens (including phenoxy) is 4. The molecule has 0 saturated heterocycles. The van der Waals surface area contributed by atoms with E-state index >= 15 is 0 Å². The van der Waals surface area contributed by atoms with E-state index < -0.39 is 26.0 Å². The summed E-state index contributed by atoms with van der Waals surface area (Å²) in [6, 6.07) is 15.8. The first-order valence-electron chi connectivity index (χ1n) is 18.3. The molecule has 0 bridgehead atoms. The van der Waals surface area contributed by atoms with Gasteiger partial charge in [-0.05, 0) is 75.9 Å². The monoisotopic (exact) mass is 819 g/mol. The molecule has 5 aromatic rings. The lowest BCUT2D eigenvalue weighted by molar-refractivity contribution is 0.0503. The molecule has 0 N–H and O–H groups in total. The third-order valence-corrected chi connectivity index (χ3v) is 12.4. The van der Waals surface area contributed by atoms with Crippen LogP contribution in [0.2, 0.25) is 25.7 Å². The molecule has 5 rings (SSSR count). The predicted octanol–water partition coefficient (Wildman–Crippen LogP) is 7.44. The van der Waals surface area contributed by atoms with Crippen LogP contribution in [-0.4, -0.2) is 99.4 Å². The summed E-state index contributed by atoms with van der Waals surface area (Å²) in [5.41, 5.74) is 2.59. The number of fused-ring (bicyclic) bond motifs is 1. The number of anilines is 2. The first-order chi connectivity index (χ1) is 26.8. The molecule has 1 unspecified atom stereocenters. The Hall–Kier alpha value is -4.50. The molecule has 0 aliphatic rings. The number of nitrogens with zero attached hydrogens (tertiary/aromatic N) is 7. The lowest BCUT2D eigenvalue weighted by Crippen LogP contribution is -2.24. The molecule has 0 amide bonds. The van der Waals surface area contributed by atoms with Gasteiger partial charge in [-0.2, -0.15) is 4.99 Å². The van der Waals surface area contributed by atoms with E-state index in [9.17, 15) is 9.18 Å². The van der Waals surface area contributed by atoms with Gasteiger partial charge in [-0.3, -0.25) is 9.47 Å². The van der Waals surface area contributed by atoms with Crippen LogP contribution in [0.25, 0.3) is 10.2 Å². The lowest BCUT2D eigenvalue weighted by atomic mass is 10.2. The van der Waals surface area contributed by atoms with E-state index in [0.29, 0.717) is 47.1 Å². The number of benzene rings is 2. The molecule has 3 heterocycles. The second kappa shape index (κ2) is 19.6. The zero-order valence-electron chi connectivity index (χ0n) is 33.5. The molecule has 0 spiro atoms. The molecule has 2 aromatic carbocycles. The molecule has 56 heavy (non-hydrogen) atoms. The van der Waals surface area contributed by atoms with Crippen LogP contribution >= 0.6 is 22.7 Å². The number of esters is 1. The summed E-state index contributed by atoms with van der Waals surface area (Å²) >= 11 is 2.88. The number of rotatable bonds is 17. The number of carbonyl (C=O) groups is 1. The topological polar surface area (TPSA) is 116 Å². The average molecular weight is 820 g/mol. The van der Waals surface area contributed by atoms with E-state index in [4.69, 9.17) is 23.9 Å². The number of para-hydroxylation sites is 1. The Bertz CT molecular complexity index is 2260. The van der Waals surface area contributed by atoms with E-state index in [1.165, 1.54) is 17.4 Å². The van der Waals surface area contributed by atoms with Gasteiger partial charge >= 0.3 is 5.97 Å². The van der Waals surface area contributed by atoms with Crippen molar-refractivity contribution in [2.24, 2.45) is 4.99 Å². The van der Waals surface area contributed by atoms with Gasteiger partial charge < -0.3 is 23.8 Å². The maximum Gasteiger partial charge on any atom is 0.358 e. The highest BCUT2D eigenvalue weighted by Crippen LogP contribution is 2.33. The Morgan fingerprint density at radius 2 is 1.88 bits per heavy atom. The molecule has 3 aromatic heterocycles. The fourth-order valence-corrected chi connectivity index (χ4v) is 8.13. The highest BCUT2D eigenvalue weighted by molar-refractivity contribution is 7.16. The smallest absolute Gasteiger partial charge is 0.358 e. The molecule has 0 aliphatic carbocycles. The van der Waals surface area contributed by atoms with Crippen LogP contribution in [0.15, 0.2) is 53.5 Å². The van der Waals surface area contributed by atoms with E-state index in [1.807, 2.05) is 51.2 Å². The molecule has 0 radical (unpaired) electrons. The number of aromatic nitrogens is 4. The van der Waals surface area contributed by atoms with Crippen molar-refractivity contribution in [3.05, 3.63) is 80.8 Å². The third kappa shape index (κ3) is 11.5. The van der Waals surface area contributed by atoms with Crippen molar-refractivity contribution in [3.63, 3.8) is 0 Å². The van der Waals surface area contributed by atoms with E-state index in [2.05, 4.69) is 63.4 Å². The van der Waals surface area contributed by atoms with Crippen molar-refractivity contribution >= 4 is 63.7 Å². The van der Waals surface area contributed by atoms with Crippen LogP contribution in [-0.2, 0) is 27.4 Å². The zero-order chi connectivity index (χ0) is 40.4. The van der Waals surface area contributed by atoms with Gasteiger partial charge in [-0.1, -0.05) is 55.0 Å². The molecular formula is C40H50FN7O5S2Si. The number of aryl methyl sites for hydroxylation is 1. The molecule has 1 atom stereocenters. The minimum atomic E-state index is -1.23. The van der Waals surface area contributed by atoms with Crippen LogP contribution < -0.4 is 14.4 Å².